The fourth-order valence-corrected chi connectivity index (χ4v) is 3.73. The largest absolute Gasteiger partial charge is 0.486 e. The van der Waals surface area contributed by atoms with Crippen LogP contribution < -0.4 is 25.2 Å². The van der Waals surface area contributed by atoms with E-state index in [1.54, 1.807) is 6.07 Å². The molecule has 0 aliphatic carbocycles. The highest BCUT2D eigenvalue weighted by atomic mass is 19.4. The third kappa shape index (κ3) is 4.71. The van der Waals surface area contributed by atoms with Crippen molar-refractivity contribution in [2.45, 2.75) is 19.0 Å². The van der Waals surface area contributed by atoms with E-state index in [0.717, 1.165) is 6.07 Å². The monoisotopic (exact) mass is 450 g/mol. The second-order valence-corrected chi connectivity index (χ2v) is 7.46. The molecule has 0 radical (unpaired) electrons. The van der Waals surface area contributed by atoms with Crippen molar-refractivity contribution in [1.29, 1.82) is 0 Å². The first kappa shape index (κ1) is 21.7. The molecule has 32 heavy (non-hydrogen) atoms. The zero-order chi connectivity index (χ0) is 22.7. The number of ether oxygens (including phenoxy) is 2. The van der Waals surface area contributed by atoms with Crippen LogP contribution in [-0.2, 0) is 11.0 Å². The summed E-state index contributed by atoms with van der Waals surface area (Å²) in [7, 11) is 0. The van der Waals surface area contributed by atoms with Gasteiger partial charge in [0.2, 0.25) is 5.91 Å². The number of anilines is 1. The molecule has 1 fully saturated rings. The van der Waals surface area contributed by atoms with Crippen LogP contribution in [0.2, 0.25) is 0 Å². The third-order valence-corrected chi connectivity index (χ3v) is 5.29. The number of piperidine rings is 1. The Morgan fingerprint density at radius 1 is 1.09 bits per heavy atom. The molecule has 2 aliphatic heterocycles. The van der Waals surface area contributed by atoms with Crippen LogP contribution in [-0.4, -0.2) is 43.1 Å². The summed E-state index contributed by atoms with van der Waals surface area (Å²) in [5.74, 6) is -0.858. The molecule has 11 heteroatoms. The molecule has 2 amide bonds. The lowest BCUT2D eigenvalue weighted by molar-refractivity contribution is -0.137. The lowest BCUT2D eigenvalue weighted by Crippen LogP contribution is -2.49. The van der Waals surface area contributed by atoms with Crippen molar-refractivity contribution in [3.05, 3.63) is 47.7 Å². The number of hydrazine groups is 1. The molecule has 8 nitrogen and oxygen atoms in total. The zero-order valence-corrected chi connectivity index (χ0v) is 16.9. The van der Waals surface area contributed by atoms with Crippen molar-refractivity contribution in [1.82, 2.24) is 15.8 Å². The maximum absolute atomic E-state index is 13.3. The molecular weight excluding hydrogens is 429 g/mol. The normalized spacial score (nSPS) is 18.1. The van der Waals surface area contributed by atoms with Crippen LogP contribution in [0, 0.1) is 5.92 Å². The number of benzene rings is 1. The van der Waals surface area contributed by atoms with Gasteiger partial charge in [0.1, 0.15) is 19.0 Å². The van der Waals surface area contributed by atoms with Crippen molar-refractivity contribution in [2.24, 2.45) is 5.92 Å². The van der Waals surface area contributed by atoms with Gasteiger partial charge in [-0.3, -0.25) is 20.4 Å². The van der Waals surface area contributed by atoms with Crippen molar-refractivity contribution < 1.29 is 32.2 Å². The summed E-state index contributed by atoms with van der Waals surface area (Å²) < 4.78 is 50.8. The molecule has 1 aromatic heterocycles. The molecule has 2 aromatic rings. The number of carbonyl (C=O) groups is 2. The molecule has 1 atom stereocenters. The first-order chi connectivity index (χ1) is 15.3. The highest BCUT2D eigenvalue weighted by Crippen LogP contribution is 2.36. The van der Waals surface area contributed by atoms with Crippen molar-refractivity contribution >= 4 is 17.6 Å². The average molecular weight is 450 g/mol. The standard InChI is InChI=1S/C21H21F3N4O4/c22-21(23,24)15-4-1-7-25-18(15)28-8-2-3-14(12-28)20(30)27-26-19(29)13-5-6-16-17(11-13)32-10-9-31-16/h1,4-7,11,14H,2-3,8-10,12H2,(H,26,29)(H,27,30). The highest BCUT2D eigenvalue weighted by Gasteiger charge is 2.37. The van der Waals surface area contributed by atoms with Crippen LogP contribution in [0.15, 0.2) is 36.5 Å². The number of nitrogens with zero attached hydrogens (tertiary/aromatic N) is 2. The van der Waals surface area contributed by atoms with Gasteiger partial charge in [0.05, 0.1) is 11.5 Å². The first-order valence-electron chi connectivity index (χ1n) is 10.1. The SMILES string of the molecule is O=C(NNC(=O)C1CCCN(c2ncccc2C(F)(F)F)C1)c1ccc2c(c1)OCCO2. The van der Waals surface area contributed by atoms with Gasteiger partial charge in [-0.05, 0) is 43.2 Å². The third-order valence-electron chi connectivity index (χ3n) is 5.29. The van der Waals surface area contributed by atoms with Gasteiger partial charge in [0.25, 0.3) is 5.91 Å². The summed E-state index contributed by atoms with van der Waals surface area (Å²) in [4.78, 5) is 30.3. The van der Waals surface area contributed by atoms with E-state index in [4.69, 9.17) is 9.47 Å². The Hall–Kier alpha value is -3.50. The number of hydrogen-bond donors (Lipinski definition) is 2. The van der Waals surface area contributed by atoms with Crippen molar-refractivity contribution in [3.63, 3.8) is 0 Å². The molecular formula is C21H21F3N4O4. The van der Waals surface area contributed by atoms with E-state index in [1.165, 1.54) is 29.3 Å². The molecule has 1 aromatic carbocycles. The number of amides is 2. The average Bonchev–Trinajstić information content (AvgIpc) is 2.81. The quantitative estimate of drug-likeness (QED) is 0.699. The molecule has 0 bridgehead atoms. The molecule has 3 heterocycles. The minimum atomic E-state index is -4.55. The molecule has 2 N–H and O–H groups in total. The summed E-state index contributed by atoms with van der Waals surface area (Å²) in [6.07, 6.45) is -2.25. The number of alkyl halides is 3. The number of rotatable bonds is 3. The Labute approximate surface area is 181 Å². The smallest absolute Gasteiger partial charge is 0.419 e. The van der Waals surface area contributed by atoms with Gasteiger partial charge in [0, 0.05) is 24.8 Å². The summed E-state index contributed by atoms with van der Waals surface area (Å²) in [6.45, 7) is 1.22. The van der Waals surface area contributed by atoms with Gasteiger partial charge in [0.15, 0.2) is 11.5 Å². The van der Waals surface area contributed by atoms with Crippen LogP contribution >= 0.6 is 0 Å². The van der Waals surface area contributed by atoms with Gasteiger partial charge >= 0.3 is 6.18 Å². The van der Waals surface area contributed by atoms with E-state index in [9.17, 15) is 22.8 Å². The number of carbonyl (C=O) groups excluding carboxylic acids is 2. The predicted octanol–water partition coefficient (Wildman–Crippen LogP) is 2.55. The number of aromatic nitrogens is 1. The van der Waals surface area contributed by atoms with E-state index in [2.05, 4.69) is 15.8 Å². The lowest BCUT2D eigenvalue weighted by Gasteiger charge is -2.34. The van der Waals surface area contributed by atoms with Crippen LogP contribution in [0.1, 0.15) is 28.8 Å². The molecule has 2 aliphatic rings. The summed E-state index contributed by atoms with van der Waals surface area (Å²) >= 11 is 0. The second kappa shape index (κ2) is 8.93. The number of fused-ring (bicyclic) bond motifs is 1. The maximum Gasteiger partial charge on any atom is 0.419 e. The van der Waals surface area contributed by atoms with Gasteiger partial charge in [-0.25, -0.2) is 4.98 Å². The van der Waals surface area contributed by atoms with E-state index >= 15 is 0 Å². The van der Waals surface area contributed by atoms with E-state index in [0.29, 0.717) is 44.1 Å². The van der Waals surface area contributed by atoms with Crippen LogP contribution in [0.3, 0.4) is 0 Å². The Bertz CT molecular complexity index is 1010. The van der Waals surface area contributed by atoms with Gasteiger partial charge < -0.3 is 14.4 Å². The molecule has 0 spiro atoms. The van der Waals surface area contributed by atoms with E-state index in [1.807, 2.05) is 0 Å². The fourth-order valence-electron chi connectivity index (χ4n) is 3.73. The fraction of sp³-hybridized carbons (Fsp3) is 0.381. The summed E-state index contributed by atoms with van der Waals surface area (Å²) in [5.41, 5.74) is 4.14. The maximum atomic E-state index is 13.3. The number of hydrogen-bond acceptors (Lipinski definition) is 6. The zero-order valence-electron chi connectivity index (χ0n) is 16.9. The van der Waals surface area contributed by atoms with Crippen LogP contribution in [0.4, 0.5) is 19.0 Å². The van der Waals surface area contributed by atoms with Gasteiger partial charge in [-0.15, -0.1) is 0 Å². The van der Waals surface area contributed by atoms with E-state index in [-0.39, 0.29) is 17.9 Å². The topological polar surface area (TPSA) is 92.8 Å². The van der Waals surface area contributed by atoms with E-state index < -0.39 is 29.5 Å². The van der Waals surface area contributed by atoms with Crippen molar-refractivity contribution in [3.8, 4) is 11.5 Å². The van der Waals surface area contributed by atoms with Gasteiger partial charge in [-0.2, -0.15) is 13.2 Å². The Kier molecular flexibility index (Phi) is 6.06. The highest BCUT2D eigenvalue weighted by molar-refractivity contribution is 5.96. The Morgan fingerprint density at radius 2 is 1.88 bits per heavy atom. The molecule has 4 rings (SSSR count). The molecule has 1 unspecified atom stereocenters. The van der Waals surface area contributed by atoms with Gasteiger partial charge in [-0.1, -0.05) is 0 Å². The molecule has 1 saturated heterocycles. The minimum Gasteiger partial charge on any atom is -0.486 e. The number of pyridine rings is 1. The molecule has 170 valence electrons. The Balaban J connectivity index is 1.38. The van der Waals surface area contributed by atoms with Crippen LogP contribution in [0.5, 0.6) is 11.5 Å². The summed E-state index contributed by atoms with van der Waals surface area (Å²) in [6, 6.07) is 6.86. The summed E-state index contributed by atoms with van der Waals surface area (Å²) in [5, 5.41) is 0. The number of halogens is 3. The predicted molar refractivity (Wildman–Crippen MR) is 107 cm³/mol. The molecule has 0 saturated carbocycles. The first-order valence-corrected chi connectivity index (χ1v) is 10.1. The Morgan fingerprint density at radius 3 is 2.66 bits per heavy atom. The van der Waals surface area contributed by atoms with Crippen molar-refractivity contribution in [2.75, 3.05) is 31.2 Å². The second-order valence-electron chi connectivity index (χ2n) is 7.46. The minimum absolute atomic E-state index is 0.0613. The van der Waals surface area contributed by atoms with Crippen LogP contribution in [0.25, 0.3) is 0 Å². The lowest BCUT2D eigenvalue weighted by atomic mass is 9.97. The number of nitrogens with one attached hydrogen (secondary N) is 2.